The van der Waals surface area contributed by atoms with Crippen LogP contribution >= 0.6 is 15.9 Å². The van der Waals surface area contributed by atoms with Gasteiger partial charge in [-0.15, -0.1) is 0 Å². The van der Waals surface area contributed by atoms with Crippen molar-refractivity contribution in [3.8, 4) is 0 Å². The van der Waals surface area contributed by atoms with E-state index in [0.717, 1.165) is 24.3 Å². The summed E-state index contributed by atoms with van der Waals surface area (Å²) in [5.74, 6) is -2.80. The Morgan fingerprint density at radius 1 is 1.03 bits per heavy atom. The number of sulfonamides is 1. The van der Waals surface area contributed by atoms with Crippen molar-refractivity contribution in [2.45, 2.75) is 30.0 Å². The monoisotopic (exact) mass is 526 g/mol. The summed E-state index contributed by atoms with van der Waals surface area (Å²) in [6, 6.07) is 4.82. The van der Waals surface area contributed by atoms with E-state index in [1.807, 2.05) is 0 Å². The first-order chi connectivity index (χ1) is 14.4. The second-order valence-corrected chi connectivity index (χ2v) is 9.55. The Balaban J connectivity index is 1.69. The second kappa shape index (κ2) is 8.83. The third-order valence-corrected chi connectivity index (χ3v) is 6.88. The number of hydrogen-bond donors (Lipinski definition) is 1. The summed E-state index contributed by atoms with van der Waals surface area (Å²) < 4.78 is 93.8. The number of hydrogen-bond acceptors (Lipinski definition) is 3. The molecular formula is C19H16BrF5N2O3S. The number of halogens is 6. The van der Waals surface area contributed by atoms with E-state index < -0.39 is 50.2 Å². The molecule has 2 aromatic carbocycles. The van der Waals surface area contributed by atoms with Gasteiger partial charge in [-0.25, -0.2) is 21.9 Å². The Morgan fingerprint density at radius 3 is 2.26 bits per heavy atom. The normalized spacial score (nSPS) is 15.9. The van der Waals surface area contributed by atoms with Crippen LogP contribution in [0.5, 0.6) is 0 Å². The zero-order valence-corrected chi connectivity index (χ0v) is 18.1. The average molecular weight is 527 g/mol. The molecule has 31 heavy (non-hydrogen) atoms. The number of rotatable bonds is 4. The van der Waals surface area contributed by atoms with Crippen LogP contribution in [0.4, 0.5) is 22.0 Å². The van der Waals surface area contributed by atoms with Crippen molar-refractivity contribution in [2.24, 2.45) is 0 Å². The van der Waals surface area contributed by atoms with Gasteiger partial charge in [0.2, 0.25) is 10.0 Å². The van der Waals surface area contributed by atoms with Gasteiger partial charge in [-0.3, -0.25) is 4.79 Å². The third-order valence-electron chi connectivity index (χ3n) is 4.81. The molecule has 1 amide bonds. The number of amides is 1. The number of nitrogens with zero attached hydrogens (tertiary/aromatic N) is 1. The maximum absolute atomic E-state index is 13.4. The summed E-state index contributed by atoms with van der Waals surface area (Å²) in [6.45, 7) is 0.189. The molecular weight excluding hydrogens is 511 g/mol. The molecule has 1 aliphatic rings. The highest BCUT2D eigenvalue weighted by Crippen LogP contribution is 2.36. The Morgan fingerprint density at radius 2 is 1.68 bits per heavy atom. The number of carbonyl (C=O) groups is 1. The van der Waals surface area contributed by atoms with Crippen molar-refractivity contribution in [3.05, 3.63) is 63.6 Å². The molecule has 0 atom stereocenters. The van der Waals surface area contributed by atoms with Crippen LogP contribution < -0.4 is 4.72 Å². The maximum Gasteiger partial charge on any atom is 0.417 e. The Hall–Kier alpha value is -2.05. The largest absolute Gasteiger partial charge is 0.417 e. The minimum Gasteiger partial charge on any atom is -0.339 e. The van der Waals surface area contributed by atoms with Crippen LogP contribution in [0.2, 0.25) is 0 Å². The van der Waals surface area contributed by atoms with Crippen LogP contribution in [0.1, 0.15) is 28.8 Å². The van der Waals surface area contributed by atoms with Gasteiger partial charge >= 0.3 is 6.18 Å². The topological polar surface area (TPSA) is 66.5 Å². The fourth-order valence-electron chi connectivity index (χ4n) is 3.25. The highest BCUT2D eigenvalue weighted by atomic mass is 79.9. The molecule has 12 heteroatoms. The lowest BCUT2D eigenvalue weighted by atomic mass is 10.0. The van der Waals surface area contributed by atoms with Gasteiger partial charge in [-0.1, -0.05) is 15.9 Å². The molecule has 1 fully saturated rings. The fraction of sp³-hybridized carbons (Fsp3) is 0.316. The zero-order valence-electron chi connectivity index (χ0n) is 15.7. The summed E-state index contributed by atoms with van der Waals surface area (Å²) in [7, 11) is -4.48. The summed E-state index contributed by atoms with van der Waals surface area (Å²) in [6.07, 6.45) is -4.58. The minimum absolute atomic E-state index is 0.0531. The van der Waals surface area contributed by atoms with Crippen LogP contribution in [0.15, 0.2) is 45.8 Å². The first kappa shape index (κ1) is 23.6. The van der Waals surface area contributed by atoms with Crippen molar-refractivity contribution in [1.82, 2.24) is 9.62 Å². The van der Waals surface area contributed by atoms with E-state index in [1.54, 1.807) is 0 Å². The lowest BCUT2D eigenvalue weighted by Crippen LogP contribution is -2.46. The molecule has 3 rings (SSSR count). The molecule has 1 saturated heterocycles. The van der Waals surface area contributed by atoms with Crippen LogP contribution in [0.3, 0.4) is 0 Å². The SMILES string of the molecule is O=C(c1ccc(F)c(F)c1)N1CCC(NS(=O)(=O)c2ccc(Br)cc2C(F)(F)F)CC1. The molecule has 0 saturated carbocycles. The average Bonchev–Trinajstić information content (AvgIpc) is 2.69. The molecule has 0 spiro atoms. The molecule has 0 unspecified atom stereocenters. The molecule has 0 aliphatic carbocycles. The molecule has 1 heterocycles. The Kier molecular flexibility index (Phi) is 6.72. The molecule has 1 N–H and O–H groups in total. The van der Waals surface area contributed by atoms with Crippen molar-refractivity contribution in [1.29, 1.82) is 0 Å². The van der Waals surface area contributed by atoms with Gasteiger partial charge in [0.05, 0.1) is 10.5 Å². The number of carbonyl (C=O) groups excluding carboxylic acids is 1. The highest BCUT2D eigenvalue weighted by molar-refractivity contribution is 9.10. The van der Waals surface area contributed by atoms with E-state index in [2.05, 4.69) is 20.7 Å². The molecule has 2 aromatic rings. The van der Waals surface area contributed by atoms with Crippen LogP contribution in [0, 0.1) is 11.6 Å². The summed E-state index contributed by atoms with van der Waals surface area (Å²) >= 11 is 2.90. The molecule has 5 nitrogen and oxygen atoms in total. The molecule has 1 aliphatic heterocycles. The van der Waals surface area contributed by atoms with Gasteiger partial charge in [-0.2, -0.15) is 13.2 Å². The quantitative estimate of drug-likeness (QED) is 0.603. The first-order valence-corrected chi connectivity index (χ1v) is 11.3. The predicted octanol–water partition coefficient (Wildman–Crippen LogP) is 4.33. The van der Waals surface area contributed by atoms with E-state index in [0.29, 0.717) is 6.07 Å². The molecule has 0 aromatic heterocycles. The van der Waals surface area contributed by atoms with Gasteiger partial charge in [0.15, 0.2) is 11.6 Å². The van der Waals surface area contributed by atoms with E-state index in [1.165, 1.54) is 11.0 Å². The van der Waals surface area contributed by atoms with Crippen molar-refractivity contribution >= 4 is 31.9 Å². The van der Waals surface area contributed by atoms with E-state index in [9.17, 15) is 35.2 Å². The van der Waals surface area contributed by atoms with Crippen LogP contribution in [0.25, 0.3) is 0 Å². The number of likely N-dealkylation sites (tertiary alicyclic amines) is 1. The van der Waals surface area contributed by atoms with Gasteiger partial charge < -0.3 is 4.90 Å². The number of nitrogens with one attached hydrogen (secondary N) is 1. The van der Waals surface area contributed by atoms with Crippen molar-refractivity contribution in [3.63, 3.8) is 0 Å². The van der Waals surface area contributed by atoms with Crippen LogP contribution in [-0.2, 0) is 16.2 Å². The van der Waals surface area contributed by atoms with E-state index >= 15 is 0 Å². The van der Waals surface area contributed by atoms with Gasteiger partial charge in [0, 0.05) is 29.2 Å². The molecule has 0 bridgehead atoms. The Bertz CT molecular complexity index is 1100. The van der Waals surface area contributed by atoms with Crippen LogP contribution in [-0.4, -0.2) is 38.4 Å². The van der Waals surface area contributed by atoms with Crippen molar-refractivity contribution in [2.75, 3.05) is 13.1 Å². The zero-order chi connectivity index (χ0) is 23.0. The molecule has 0 radical (unpaired) electrons. The van der Waals surface area contributed by atoms with Gasteiger partial charge in [0.1, 0.15) is 0 Å². The number of piperidine rings is 1. The van der Waals surface area contributed by atoms with Gasteiger partial charge in [0.25, 0.3) is 5.91 Å². The van der Waals surface area contributed by atoms with Crippen molar-refractivity contribution < 1.29 is 35.2 Å². The lowest BCUT2D eigenvalue weighted by Gasteiger charge is -2.32. The summed E-state index contributed by atoms with van der Waals surface area (Å²) in [4.78, 5) is 12.9. The Labute approximate surface area is 183 Å². The second-order valence-electron chi connectivity index (χ2n) is 6.95. The number of benzene rings is 2. The number of alkyl halides is 3. The lowest BCUT2D eigenvalue weighted by molar-refractivity contribution is -0.139. The van der Waals surface area contributed by atoms with Gasteiger partial charge in [-0.05, 0) is 49.2 Å². The summed E-state index contributed by atoms with van der Waals surface area (Å²) in [5.41, 5.74) is -1.34. The third kappa shape index (κ3) is 5.42. The smallest absolute Gasteiger partial charge is 0.339 e. The fourth-order valence-corrected chi connectivity index (χ4v) is 5.13. The highest BCUT2D eigenvalue weighted by Gasteiger charge is 2.38. The predicted molar refractivity (Wildman–Crippen MR) is 105 cm³/mol. The maximum atomic E-state index is 13.4. The van der Waals surface area contributed by atoms with E-state index in [-0.39, 0.29) is 36.0 Å². The van der Waals surface area contributed by atoms with E-state index in [4.69, 9.17) is 0 Å². The first-order valence-electron chi connectivity index (χ1n) is 9.02. The standard InChI is InChI=1S/C19H16BrF5N2O3S/c20-12-2-4-17(14(10-12)19(23,24)25)31(29,30)26-13-5-7-27(8-6-13)18(28)11-1-3-15(21)16(22)9-11/h1-4,9-10,13,26H,5-8H2. The minimum atomic E-state index is -4.87. The summed E-state index contributed by atoms with van der Waals surface area (Å²) in [5, 5.41) is 0. The molecule has 168 valence electrons.